The van der Waals surface area contributed by atoms with E-state index in [0.29, 0.717) is 18.1 Å². The highest BCUT2D eigenvalue weighted by Crippen LogP contribution is 2.36. The highest BCUT2D eigenvalue weighted by molar-refractivity contribution is 6.06. The van der Waals surface area contributed by atoms with Gasteiger partial charge in [-0.05, 0) is 50.1 Å². The van der Waals surface area contributed by atoms with Crippen molar-refractivity contribution in [3.63, 3.8) is 0 Å². The lowest BCUT2D eigenvalue weighted by Crippen LogP contribution is -2.31. The van der Waals surface area contributed by atoms with Crippen LogP contribution in [-0.4, -0.2) is 27.3 Å². The summed E-state index contributed by atoms with van der Waals surface area (Å²) in [6.45, 7) is 6.36. The number of rotatable bonds is 5. The monoisotopic (exact) mass is 389 g/mol. The fourth-order valence-corrected chi connectivity index (χ4v) is 3.54. The van der Waals surface area contributed by atoms with Gasteiger partial charge in [-0.2, -0.15) is 10.1 Å². The van der Waals surface area contributed by atoms with E-state index in [2.05, 4.69) is 20.7 Å². The summed E-state index contributed by atoms with van der Waals surface area (Å²) in [7, 11) is 0. The quantitative estimate of drug-likeness (QED) is 0.691. The van der Waals surface area contributed by atoms with Crippen LogP contribution in [0.1, 0.15) is 31.0 Å². The van der Waals surface area contributed by atoms with E-state index in [1.165, 1.54) is 6.33 Å². The number of carbonyl (C=O) groups is 1. The van der Waals surface area contributed by atoms with Crippen LogP contribution in [0, 0.1) is 6.92 Å². The van der Waals surface area contributed by atoms with Gasteiger partial charge >= 0.3 is 0 Å². The molecule has 148 valence electrons. The first-order valence-electron chi connectivity index (χ1n) is 9.55. The average molecular weight is 389 g/mol. The number of carbonyl (C=O) groups excluding carboxylic acids is 1. The molecule has 1 aromatic heterocycles. The van der Waals surface area contributed by atoms with Gasteiger partial charge in [0.25, 0.3) is 5.91 Å². The van der Waals surface area contributed by atoms with E-state index in [0.717, 1.165) is 28.3 Å². The maximum Gasteiger partial charge on any atom is 0.255 e. The van der Waals surface area contributed by atoms with Gasteiger partial charge in [-0.25, -0.2) is 4.68 Å². The minimum atomic E-state index is -0.418. The maximum absolute atomic E-state index is 13.4. The van der Waals surface area contributed by atoms with Crippen molar-refractivity contribution in [2.75, 3.05) is 17.2 Å². The van der Waals surface area contributed by atoms with Gasteiger partial charge in [0, 0.05) is 11.4 Å². The van der Waals surface area contributed by atoms with Gasteiger partial charge in [-0.1, -0.05) is 30.3 Å². The van der Waals surface area contributed by atoms with Crippen molar-refractivity contribution in [1.82, 2.24) is 14.8 Å². The molecule has 2 heterocycles. The molecule has 2 N–H and O–H groups in total. The van der Waals surface area contributed by atoms with E-state index >= 15 is 0 Å². The topological polar surface area (TPSA) is 81.1 Å². The second-order valence-corrected chi connectivity index (χ2v) is 6.87. The molecule has 4 rings (SSSR count). The van der Waals surface area contributed by atoms with E-state index in [1.54, 1.807) is 4.68 Å². The molecule has 0 aliphatic carbocycles. The molecule has 1 aliphatic rings. The van der Waals surface area contributed by atoms with E-state index in [-0.39, 0.29) is 5.91 Å². The van der Waals surface area contributed by atoms with Gasteiger partial charge in [0.2, 0.25) is 5.95 Å². The number of hydrogen-bond donors (Lipinski definition) is 2. The molecule has 7 nitrogen and oxygen atoms in total. The van der Waals surface area contributed by atoms with E-state index in [4.69, 9.17) is 4.74 Å². The molecule has 2 aromatic carbocycles. The maximum atomic E-state index is 13.4. The lowest BCUT2D eigenvalue weighted by molar-refractivity contribution is -0.113. The number of aromatic nitrogens is 3. The summed E-state index contributed by atoms with van der Waals surface area (Å²) >= 11 is 0. The molecule has 7 heteroatoms. The molecule has 29 heavy (non-hydrogen) atoms. The Morgan fingerprint density at radius 3 is 2.83 bits per heavy atom. The van der Waals surface area contributed by atoms with Crippen LogP contribution in [0.15, 0.2) is 66.1 Å². The molecule has 0 bridgehead atoms. The summed E-state index contributed by atoms with van der Waals surface area (Å²) in [6.07, 6.45) is 1.48. The third kappa shape index (κ3) is 3.59. The average Bonchev–Trinajstić information content (AvgIpc) is 3.17. The summed E-state index contributed by atoms with van der Waals surface area (Å²) < 4.78 is 7.39. The number of para-hydroxylation sites is 1. The first-order chi connectivity index (χ1) is 14.1. The Kier molecular flexibility index (Phi) is 5.03. The predicted molar refractivity (Wildman–Crippen MR) is 112 cm³/mol. The number of allylic oxidation sites excluding steroid dienone is 1. The summed E-state index contributed by atoms with van der Waals surface area (Å²) in [5.74, 6) is 1.17. The number of fused-ring (bicyclic) bond motifs is 1. The zero-order valence-corrected chi connectivity index (χ0v) is 16.6. The lowest BCUT2D eigenvalue weighted by atomic mass is 9.94. The van der Waals surface area contributed by atoms with Crippen LogP contribution >= 0.6 is 0 Å². The summed E-state index contributed by atoms with van der Waals surface area (Å²) in [6, 6.07) is 15.0. The molecule has 0 fully saturated rings. The molecule has 1 aliphatic heterocycles. The molecule has 1 unspecified atom stereocenters. The molecule has 0 saturated heterocycles. The van der Waals surface area contributed by atoms with E-state index in [1.807, 2.05) is 69.3 Å². The van der Waals surface area contributed by atoms with Crippen LogP contribution in [0.25, 0.3) is 0 Å². The largest absolute Gasteiger partial charge is 0.494 e. The second kappa shape index (κ2) is 7.79. The Balaban J connectivity index is 1.77. The van der Waals surface area contributed by atoms with E-state index < -0.39 is 6.04 Å². The van der Waals surface area contributed by atoms with Gasteiger partial charge in [-0.3, -0.25) is 4.79 Å². The lowest BCUT2D eigenvalue weighted by Gasteiger charge is -2.29. The van der Waals surface area contributed by atoms with Gasteiger partial charge < -0.3 is 15.4 Å². The third-order valence-corrected chi connectivity index (χ3v) is 4.92. The Morgan fingerprint density at radius 1 is 1.21 bits per heavy atom. The number of benzene rings is 2. The number of nitrogens with zero attached hydrogens (tertiary/aromatic N) is 3. The van der Waals surface area contributed by atoms with Crippen molar-refractivity contribution in [3.05, 3.63) is 77.3 Å². The van der Waals surface area contributed by atoms with Crippen LogP contribution in [0.2, 0.25) is 0 Å². The van der Waals surface area contributed by atoms with E-state index in [9.17, 15) is 4.79 Å². The molecular weight excluding hydrogens is 366 g/mol. The highest BCUT2D eigenvalue weighted by atomic mass is 16.5. The summed E-state index contributed by atoms with van der Waals surface area (Å²) in [5, 5.41) is 10.6. The smallest absolute Gasteiger partial charge is 0.255 e. The zero-order valence-electron chi connectivity index (χ0n) is 16.6. The van der Waals surface area contributed by atoms with Crippen molar-refractivity contribution in [2.45, 2.75) is 26.8 Å². The molecule has 3 aromatic rings. The minimum Gasteiger partial charge on any atom is -0.494 e. The Labute approximate surface area is 169 Å². The minimum absolute atomic E-state index is 0.183. The predicted octanol–water partition coefficient (Wildman–Crippen LogP) is 3.91. The molecule has 0 radical (unpaired) electrons. The number of amides is 1. The zero-order chi connectivity index (χ0) is 20.4. The van der Waals surface area contributed by atoms with Crippen molar-refractivity contribution in [1.29, 1.82) is 0 Å². The molecule has 1 amide bonds. The van der Waals surface area contributed by atoms with Gasteiger partial charge in [0.1, 0.15) is 18.1 Å². The van der Waals surface area contributed by atoms with Crippen LogP contribution in [0.5, 0.6) is 5.75 Å². The molecule has 0 saturated carbocycles. The van der Waals surface area contributed by atoms with Gasteiger partial charge in [0.05, 0.1) is 12.2 Å². The normalized spacial score (nSPS) is 15.5. The second-order valence-electron chi connectivity index (χ2n) is 6.87. The van der Waals surface area contributed by atoms with Crippen LogP contribution in [-0.2, 0) is 4.79 Å². The molecule has 1 atom stereocenters. The van der Waals surface area contributed by atoms with Crippen molar-refractivity contribution >= 4 is 17.5 Å². The number of hydrogen-bond acceptors (Lipinski definition) is 5. The molecular formula is C22H23N5O2. The fraction of sp³-hybridized carbons (Fsp3) is 0.227. The third-order valence-electron chi connectivity index (χ3n) is 4.92. The first kappa shape index (κ1) is 18.7. The fourth-order valence-electron chi connectivity index (χ4n) is 3.54. The first-order valence-corrected chi connectivity index (χ1v) is 9.55. The standard InChI is InChI=1S/C22H23N5O2/c1-4-29-17-10-7-9-16(12-17)20-19(15(3)25-22-23-13-24-27(20)22)21(28)26-18-11-6-5-8-14(18)2/h5-13,20H,4H2,1-3H3,(H,26,28)(H,23,24,25). The number of ether oxygens (including phenoxy) is 1. The Bertz CT molecular complexity index is 1090. The van der Waals surface area contributed by atoms with Crippen molar-refractivity contribution in [3.8, 4) is 5.75 Å². The van der Waals surface area contributed by atoms with Crippen LogP contribution in [0.4, 0.5) is 11.6 Å². The number of anilines is 2. The highest BCUT2D eigenvalue weighted by Gasteiger charge is 2.33. The van der Waals surface area contributed by atoms with Crippen LogP contribution < -0.4 is 15.4 Å². The SMILES string of the molecule is CCOc1cccc(C2C(C(=O)Nc3ccccc3C)=C(C)Nc3ncnn32)c1. The van der Waals surface area contributed by atoms with Gasteiger partial charge in [-0.15, -0.1) is 0 Å². The summed E-state index contributed by atoms with van der Waals surface area (Å²) in [5.41, 5.74) is 4.00. The van der Waals surface area contributed by atoms with Crippen LogP contribution in [0.3, 0.4) is 0 Å². The van der Waals surface area contributed by atoms with Crippen molar-refractivity contribution in [2.24, 2.45) is 0 Å². The number of aryl methyl sites for hydroxylation is 1. The van der Waals surface area contributed by atoms with Gasteiger partial charge in [0.15, 0.2) is 0 Å². The Morgan fingerprint density at radius 2 is 2.03 bits per heavy atom. The summed E-state index contributed by atoms with van der Waals surface area (Å²) in [4.78, 5) is 17.6. The van der Waals surface area contributed by atoms with Crippen molar-refractivity contribution < 1.29 is 9.53 Å². The molecule has 0 spiro atoms. The number of nitrogens with one attached hydrogen (secondary N) is 2. The Hall–Kier alpha value is -3.61.